The number of rotatable bonds is 6. The average molecular weight is 471 g/mol. The second kappa shape index (κ2) is 8.72. The fourth-order valence-electron chi connectivity index (χ4n) is 2.08. The molecule has 2 aromatic rings. The van der Waals surface area contributed by atoms with E-state index in [0.29, 0.717) is 11.3 Å². The summed E-state index contributed by atoms with van der Waals surface area (Å²) in [5.41, 5.74) is 3.32. The summed E-state index contributed by atoms with van der Waals surface area (Å²) in [6.45, 7) is 0. The van der Waals surface area contributed by atoms with Gasteiger partial charge in [-0.2, -0.15) is 5.10 Å². The lowest BCUT2D eigenvalue weighted by Crippen LogP contribution is -2.20. The van der Waals surface area contributed by atoms with Crippen molar-refractivity contribution in [1.82, 2.24) is 5.43 Å². The van der Waals surface area contributed by atoms with Crippen molar-refractivity contribution in [2.24, 2.45) is 5.10 Å². The lowest BCUT2D eigenvalue weighted by Gasteiger charge is -2.06. The highest BCUT2D eigenvalue weighted by atomic mass is 79.9. The maximum atomic E-state index is 11.9. The van der Waals surface area contributed by atoms with Gasteiger partial charge in [0.1, 0.15) is 5.75 Å². The Hall–Kier alpha value is -2.26. The Labute approximate surface area is 160 Å². The van der Waals surface area contributed by atoms with Crippen molar-refractivity contribution in [3.63, 3.8) is 0 Å². The highest BCUT2D eigenvalue weighted by Crippen LogP contribution is 2.33. The number of methoxy groups -OCH3 is 1. The fourth-order valence-corrected chi connectivity index (χ4v) is 3.62. The Bertz CT molecular complexity index is 817. The minimum absolute atomic E-state index is 0.0929. The van der Waals surface area contributed by atoms with Crippen LogP contribution in [-0.4, -0.2) is 24.2 Å². The summed E-state index contributed by atoms with van der Waals surface area (Å²) in [7, 11) is 1.56. The highest BCUT2D eigenvalue weighted by molar-refractivity contribution is 9.11. The molecule has 130 valence electrons. The molecule has 2 aromatic carbocycles. The Kier molecular flexibility index (Phi) is 6.65. The van der Waals surface area contributed by atoms with Crippen LogP contribution in [0.4, 0.5) is 5.69 Å². The predicted octanol–water partition coefficient (Wildman–Crippen LogP) is 3.82. The minimum atomic E-state index is -0.516. The van der Waals surface area contributed by atoms with Gasteiger partial charge in [0.25, 0.3) is 5.69 Å². The molecule has 0 saturated heterocycles. The molecule has 2 rings (SSSR count). The summed E-state index contributed by atoms with van der Waals surface area (Å²) in [5, 5.41) is 14.8. The Morgan fingerprint density at radius 1 is 1.32 bits per heavy atom. The van der Waals surface area contributed by atoms with Crippen LogP contribution in [0.5, 0.6) is 5.75 Å². The van der Waals surface area contributed by atoms with Gasteiger partial charge in [-0.15, -0.1) is 0 Å². The minimum Gasteiger partial charge on any atom is -0.494 e. The number of benzene rings is 2. The van der Waals surface area contributed by atoms with Crippen LogP contribution < -0.4 is 10.2 Å². The molecular weight excluding hydrogens is 458 g/mol. The number of ether oxygens (including phenoxy) is 1. The first-order chi connectivity index (χ1) is 11.9. The maximum absolute atomic E-state index is 11.9. The van der Waals surface area contributed by atoms with Gasteiger partial charge in [-0.25, -0.2) is 5.43 Å². The zero-order chi connectivity index (χ0) is 18.4. The van der Waals surface area contributed by atoms with E-state index >= 15 is 0 Å². The van der Waals surface area contributed by atoms with Gasteiger partial charge < -0.3 is 4.74 Å². The number of amides is 1. The van der Waals surface area contributed by atoms with E-state index in [-0.39, 0.29) is 12.1 Å². The molecule has 0 bridgehead atoms. The largest absolute Gasteiger partial charge is 0.494 e. The summed E-state index contributed by atoms with van der Waals surface area (Å²) >= 11 is 6.75. The van der Waals surface area contributed by atoms with E-state index in [0.717, 1.165) is 14.5 Å². The first kappa shape index (κ1) is 19.1. The second-order valence-corrected chi connectivity index (χ2v) is 6.58. The number of hydrogen-bond acceptors (Lipinski definition) is 5. The Morgan fingerprint density at radius 3 is 2.56 bits per heavy atom. The third-order valence-electron chi connectivity index (χ3n) is 3.17. The van der Waals surface area contributed by atoms with Crippen LogP contribution in [0.25, 0.3) is 0 Å². The molecule has 0 aromatic heterocycles. The molecule has 0 spiro atoms. The quantitative estimate of drug-likeness (QED) is 0.394. The molecule has 1 N–H and O–H groups in total. The highest BCUT2D eigenvalue weighted by Gasteiger charge is 2.15. The van der Waals surface area contributed by atoms with Crippen LogP contribution in [0, 0.1) is 10.1 Å². The van der Waals surface area contributed by atoms with Crippen LogP contribution in [0.15, 0.2) is 50.4 Å². The van der Waals surface area contributed by atoms with Crippen molar-refractivity contribution >= 4 is 49.7 Å². The molecule has 0 aliphatic heterocycles. The zero-order valence-electron chi connectivity index (χ0n) is 13.0. The lowest BCUT2D eigenvalue weighted by molar-refractivity contribution is -0.385. The molecule has 0 heterocycles. The van der Waals surface area contributed by atoms with E-state index in [9.17, 15) is 14.9 Å². The van der Waals surface area contributed by atoms with Crippen molar-refractivity contribution in [2.75, 3.05) is 7.11 Å². The molecule has 0 saturated carbocycles. The number of para-hydroxylation sites is 1. The van der Waals surface area contributed by atoms with Crippen molar-refractivity contribution in [1.29, 1.82) is 0 Å². The Morgan fingerprint density at radius 2 is 1.96 bits per heavy atom. The number of hydrazone groups is 1. The van der Waals surface area contributed by atoms with E-state index < -0.39 is 10.8 Å². The topological polar surface area (TPSA) is 93.8 Å². The second-order valence-electron chi connectivity index (χ2n) is 4.87. The molecule has 0 fully saturated rings. The smallest absolute Gasteiger partial charge is 0.273 e. The third-order valence-corrected chi connectivity index (χ3v) is 4.35. The number of hydrogen-bond donors (Lipinski definition) is 1. The van der Waals surface area contributed by atoms with Crippen molar-refractivity contribution < 1.29 is 14.5 Å². The average Bonchev–Trinajstić information content (AvgIpc) is 2.55. The SMILES string of the molecule is COc1c(Br)cc(/C=N/NC(=O)Cc2ccccc2[N+](=O)[O-])cc1Br. The molecule has 1 amide bonds. The summed E-state index contributed by atoms with van der Waals surface area (Å²) in [5.74, 6) is 0.203. The van der Waals surface area contributed by atoms with E-state index in [4.69, 9.17) is 4.74 Å². The van der Waals surface area contributed by atoms with Gasteiger partial charge >= 0.3 is 0 Å². The van der Waals surface area contributed by atoms with Crippen molar-refractivity contribution in [3.05, 3.63) is 66.6 Å². The van der Waals surface area contributed by atoms with Gasteiger partial charge in [0.15, 0.2) is 0 Å². The van der Waals surface area contributed by atoms with Gasteiger partial charge in [-0.05, 0) is 49.6 Å². The molecule has 0 unspecified atom stereocenters. The fraction of sp³-hybridized carbons (Fsp3) is 0.125. The number of nitro benzene ring substituents is 1. The van der Waals surface area contributed by atoms with Gasteiger partial charge in [-0.3, -0.25) is 14.9 Å². The standard InChI is InChI=1S/C16H13Br2N3O4/c1-25-16-12(17)6-10(7-13(16)18)9-19-20-15(22)8-11-4-2-3-5-14(11)21(23)24/h2-7,9H,8H2,1H3,(H,20,22)/b19-9+. The maximum Gasteiger partial charge on any atom is 0.273 e. The van der Waals surface area contributed by atoms with Crippen LogP contribution in [0.3, 0.4) is 0 Å². The predicted molar refractivity (Wildman–Crippen MR) is 101 cm³/mol. The summed E-state index contributed by atoms with van der Waals surface area (Å²) < 4.78 is 6.67. The first-order valence-corrected chi connectivity index (χ1v) is 8.58. The van der Waals surface area contributed by atoms with Gasteiger partial charge in [-0.1, -0.05) is 18.2 Å². The van der Waals surface area contributed by atoms with Crippen LogP contribution >= 0.6 is 31.9 Å². The molecule has 0 atom stereocenters. The first-order valence-electron chi connectivity index (χ1n) is 6.99. The molecule has 9 heteroatoms. The third kappa shape index (κ3) is 5.10. The van der Waals surface area contributed by atoms with Crippen molar-refractivity contribution in [2.45, 2.75) is 6.42 Å². The van der Waals surface area contributed by atoms with Gasteiger partial charge in [0, 0.05) is 11.6 Å². The summed E-state index contributed by atoms with van der Waals surface area (Å²) in [6.07, 6.45) is 1.33. The number of nitrogens with one attached hydrogen (secondary N) is 1. The number of nitrogens with zero attached hydrogens (tertiary/aromatic N) is 2. The van der Waals surface area contributed by atoms with Gasteiger partial charge in [0.2, 0.25) is 5.91 Å². The van der Waals surface area contributed by atoms with Gasteiger partial charge in [0.05, 0.1) is 33.6 Å². The number of carbonyl (C=O) groups is 1. The lowest BCUT2D eigenvalue weighted by atomic mass is 10.1. The van der Waals surface area contributed by atoms with E-state index in [1.807, 2.05) is 0 Å². The summed E-state index contributed by atoms with van der Waals surface area (Å²) in [4.78, 5) is 22.4. The van der Waals surface area contributed by atoms with E-state index in [1.165, 1.54) is 12.3 Å². The van der Waals surface area contributed by atoms with Crippen LogP contribution in [0.1, 0.15) is 11.1 Å². The number of halogens is 2. The number of nitro groups is 1. The van der Waals surface area contributed by atoms with Crippen LogP contribution in [-0.2, 0) is 11.2 Å². The molecule has 0 radical (unpaired) electrons. The van der Waals surface area contributed by atoms with E-state index in [1.54, 1.807) is 37.4 Å². The molecule has 25 heavy (non-hydrogen) atoms. The monoisotopic (exact) mass is 469 g/mol. The molecular formula is C16H13Br2N3O4. The Balaban J connectivity index is 2.03. The normalized spacial score (nSPS) is 10.7. The molecule has 7 nitrogen and oxygen atoms in total. The van der Waals surface area contributed by atoms with Crippen molar-refractivity contribution in [3.8, 4) is 5.75 Å². The molecule has 0 aliphatic rings. The van der Waals surface area contributed by atoms with Crippen LogP contribution in [0.2, 0.25) is 0 Å². The van der Waals surface area contributed by atoms with E-state index in [2.05, 4.69) is 42.4 Å². The zero-order valence-corrected chi connectivity index (χ0v) is 16.2. The molecule has 0 aliphatic carbocycles. The number of carbonyl (C=O) groups excluding carboxylic acids is 1. The summed E-state index contributed by atoms with van der Waals surface area (Å²) in [6, 6.07) is 9.66.